The van der Waals surface area contributed by atoms with Gasteiger partial charge in [-0.25, -0.2) is 0 Å². The Morgan fingerprint density at radius 3 is 1.91 bits per heavy atom. The number of pyridine rings is 1. The predicted molar refractivity (Wildman–Crippen MR) is 225 cm³/mol. The van der Waals surface area contributed by atoms with E-state index in [0.717, 1.165) is 44.4 Å². The van der Waals surface area contributed by atoms with Gasteiger partial charge < -0.3 is 0 Å². The summed E-state index contributed by atoms with van der Waals surface area (Å²) in [4.78, 5) is 4.96. The van der Waals surface area contributed by atoms with E-state index in [2.05, 4.69) is 134 Å². The molecule has 0 amide bonds. The summed E-state index contributed by atoms with van der Waals surface area (Å²) in [6.45, 7) is -0.239. The first-order chi connectivity index (χ1) is 29.2. The minimum absolute atomic E-state index is 0.473. The fraction of sp³-hybridized carbons (Fsp3) is 0.0588. The Kier molecular flexibility index (Phi) is 6.24. The van der Waals surface area contributed by atoms with Crippen LogP contribution in [-0.4, -0.2) is 18.7 Å². The summed E-state index contributed by atoms with van der Waals surface area (Å²) in [6, 6.07) is 57.4. The van der Waals surface area contributed by atoms with Crippen molar-refractivity contribution in [1.29, 1.82) is 0 Å². The first-order valence-electron chi connectivity index (χ1n) is 20.5. The molecule has 57 heavy (non-hydrogen) atoms. The van der Waals surface area contributed by atoms with Gasteiger partial charge in [-0.1, -0.05) is 72.8 Å². The molecule has 5 nitrogen and oxygen atoms in total. The molecule has 274 valence electrons. The summed E-state index contributed by atoms with van der Waals surface area (Å²) in [5.41, 5.74) is 15.2. The number of ether oxygens (including phenoxy) is 1. The quantitative estimate of drug-likeness (QED) is 0.176. The van der Waals surface area contributed by atoms with Crippen molar-refractivity contribution in [1.82, 2.24) is 18.7 Å². The molecule has 0 aliphatic heterocycles. The maximum absolute atomic E-state index is 8.28. The number of imidazole rings is 1. The van der Waals surface area contributed by atoms with Crippen LogP contribution in [0, 0.1) is 10.7 Å². The zero-order valence-electron chi connectivity index (χ0n) is 33.7. The fourth-order valence-corrected chi connectivity index (χ4v) is 10.6. The van der Waals surface area contributed by atoms with Gasteiger partial charge in [0.25, 0.3) is 0 Å². The van der Waals surface area contributed by atoms with Crippen molar-refractivity contribution >= 4 is 32.8 Å². The van der Waals surface area contributed by atoms with Gasteiger partial charge in [0.2, 0.25) is 0 Å². The van der Waals surface area contributed by atoms with Crippen molar-refractivity contribution in [2.75, 3.05) is 0 Å². The predicted octanol–water partition coefficient (Wildman–Crippen LogP) is 12.0. The van der Waals surface area contributed by atoms with Crippen LogP contribution in [-0.2, 0) is 31.7 Å². The second-order valence-corrected chi connectivity index (χ2v) is 16.0. The van der Waals surface area contributed by atoms with Gasteiger partial charge in [-0.15, -0.1) is 0 Å². The SMILES string of the molecule is [2H]C([2H])([2H])n1[c](=[Pt])n(-c2cccc(Oc3ccc4c5cc6c(cc5n(-c5cc(C)ccn5)c4c3)C3(c4ccccc4-c4ccccc43)c3ccccc3-6)c2)c2ccccc21. The van der Waals surface area contributed by atoms with Crippen LogP contribution in [0.2, 0.25) is 0 Å². The van der Waals surface area contributed by atoms with Crippen molar-refractivity contribution in [3.05, 3.63) is 202 Å². The Labute approximate surface area is 344 Å². The molecule has 0 unspecified atom stereocenters. The Balaban J connectivity index is 1.06. The van der Waals surface area contributed by atoms with Gasteiger partial charge in [0.1, 0.15) is 0 Å². The Hall–Kier alpha value is -6.55. The van der Waals surface area contributed by atoms with Crippen molar-refractivity contribution in [2.24, 2.45) is 6.98 Å². The van der Waals surface area contributed by atoms with E-state index in [1.807, 2.05) is 71.4 Å². The molecular weight excluding hydrogens is 880 g/mol. The molecular formula is C51H34N4OPt. The summed E-state index contributed by atoms with van der Waals surface area (Å²) in [5, 5.41) is 2.24. The first-order valence-corrected chi connectivity index (χ1v) is 20.2. The van der Waals surface area contributed by atoms with E-state index in [9.17, 15) is 0 Å². The van der Waals surface area contributed by atoms with E-state index in [-0.39, 0.29) is 0 Å². The van der Waals surface area contributed by atoms with Gasteiger partial charge in [-0.05, 0) is 63.1 Å². The number of para-hydroxylation sites is 2. The second kappa shape index (κ2) is 12.0. The van der Waals surface area contributed by atoms with E-state index >= 15 is 0 Å². The van der Waals surface area contributed by atoms with Crippen LogP contribution in [0.15, 0.2) is 170 Å². The molecule has 7 aromatic carbocycles. The van der Waals surface area contributed by atoms with Crippen molar-refractivity contribution in [3.8, 4) is 45.3 Å². The molecule has 12 rings (SSSR count). The number of hydrogen-bond acceptors (Lipinski definition) is 2. The molecule has 0 atom stereocenters. The summed E-state index contributed by atoms with van der Waals surface area (Å²) in [6.07, 6.45) is 1.88. The van der Waals surface area contributed by atoms with Crippen LogP contribution in [0.3, 0.4) is 0 Å². The van der Waals surface area contributed by atoms with Gasteiger partial charge >= 0.3 is 198 Å². The molecule has 1 spiro atoms. The van der Waals surface area contributed by atoms with Crippen LogP contribution >= 0.6 is 0 Å². The molecule has 6 heteroatoms. The van der Waals surface area contributed by atoms with Gasteiger partial charge in [-0.2, -0.15) is 0 Å². The molecule has 10 aromatic rings. The van der Waals surface area contributed by atoms with Crippen LogP contribution in [0.25, 0.3) is 66.6 Å². The third-order valence-electron chi connectivity index (χ3n) is 12.0. The average Bonchev–Trinajstić information content (AvgIpc) is 3.94. The third-order valence-corrected chi connectivity index (χ3v) is 13.0. The van der Waals surface area contributed by atoms with Crippen LogP contribution in [0.1, 0.15) is 31.9 Å². The number of rotatable bonds is 4. The summed E-state index contributed by atoms with van der Waals surface area (Å²) in [7, 11) is 0. The standard InChI is InChI=1S/C51H34N4O.Pt/c1-32-24-25-52-50(26-32)55-48-28-35(56-34-13-11-12-33(27-34)54-31-53(2)46-20-9-10-21-47(46)54)22-23-39(48)41-29-40-38-16-5-8-19-44(38)51(45(40)30-49(41)55)42-17-6-3-14-36(42)37-15-4-7-18-43(37)51;/h3-30H,1-2H3;/i2D3;. The molecule has 3 aromatic heterocycles. The third kappa shape index (κ3) is 4.43. The summed E-state index contributed by atoms with van der Waals surface area (Å²) < 4.78 is 37.8. The molecule has 0 N–H and O–H groups in total. The van der Waals surface area contributed by atoms with Crippen LogP contribution < -0.4 is 4.74 Å². The Bertz CT molecular complexity index is 3480. The molecule has 0 radical (unpaired) electrons. The Morgan fingerprint density at radius 1 is 0.544 bits per heavy atom. The number of aromatic nitrogens is 4. The summed E-state index contributed by atoms with van der Waals surface area (Å²) >= 11 is 2.10. The van der Waals surface area contributed by atoms with Gasteiger partial charge in [-0.3, -0.25) is 0 Å². The van der Waals surface area contributed by atoms with Crippen molar-refractivity contribution in [3.63, 3.8) is 0 Å². The van der Waals surface area contributed by atoms with Crippen molar-refractivity contribution in [2.45, 2.75) is 12.3 Å². The maximum atomic E-state index is 8.28. The Morgan fingerprint density at radius 2 is 1.19 bits per heavy atom. The summed E-state index contributed by atoms with van der Waals surface area (Å²) in [5.74, 6) is 2.14. The van der Waals surface area contributed by atoms with E-state index < -0.39 is 12.4 Å². The molecule has 2 aliphatic carbocycles. The van der Waals surface area contributed by atoms with Crippen LogP contribution in [0.4, 0.5) is 0 Å². The van der Waals surface area contributed by atoms with E-state index in [1.165, 1.54) is 49.1 Å². The van der Waals surface area contributed by atoms with Gasteiger partial charge in [0, 0.05) is 6.20 Å². The molecule has 2 aliphatic rings. The van der Waals surface area contributed by atoms with Gasteiger partial charge in [0.05, 0.1) is 5.41 Å². The minimum atomic E-state index is -2.34. The first kappa shape index (κ1) is 29.7. The van der Waals surface area contributed by atoms with E-state index in [0.29, 0.717) is 20.8 Å². The van der Waals surface area contributed by atoms with Crippen molar-refractivity contribution < 1.29 is 28.2 Å². The number of fused-ring (bicyclic) bond motifs is 14. The zero-order chi connectivity index (χ0) is 40.5. The fourth-order valence-electron chi connectivity index (χ4n) is 9.72. The zero-order valence-corrected chi connectivity index (χ0v) is 33.0. The van der Waals surface area contributed by atoms with Gasteiger partial charge in [0.15, 0.2) is 0 Å². The van der Waals surface area contributed by atoms with E-state index in [4.69, 9.17) is 13.8 Å². The molecule has 0 fully saturated rings. The molecule has 3 heterocycles. The number of benzene rings is 7. The number of aryl methyl sites for hydroxylation is 2. The monoisotopic (exact) mass is 916 g/mol. The number of hydrogen-bond donors (Lipinski definition) is 0. The normalized spacial score (nSPS) is 14.3. The number of nitrogens with zero attached hydrogens (tertiary/aromatic N) is 4. The molecule has 0 bridgehead atoms. The second-order valence-electron chi connectivity index (χ2n) is 15.0. The molecule has 0 saturated heterocycles. The van der Waals surface area contributed by atoms with Crippen LogP contribution in [0.5, 0.6) is 11.5 Å². The van der Waals surface area contributed by atoms with E-state index in [1.54, 1.807) is 0 Å². The average molecular weight is 917 g/mol. The topological polar surface area (TPSA) is 36.9 Å². The molecule has 0 saturated carbocycles.